The van der Waals surface area contributed by atoms with E-state index in [1.807, 2.05) is 0 Å². The van der Waals surface area contributed by atoms with Crippen LogP contribution in [0.5, 0.6) is 5.75 Å². The van der Waals surface area contributed by atoms with Gasteiger partial charge in [-0.15, -0.1) is 0 Å². The third-order valence-corrected chi connectivity index (χ3v) is 4.56. The van der Waals surface area contributed by atoms with Crippen LogP contribution in [0.3, 0.4) is 0 Å². The molecular weight excluding hydrogens is 361 g/mol. The van der Waals surface area contributed by atoms with Crippen molar-refractivity contribution >= 4 is 17.6 Å². The summed E-state index contributed by atoms with van der Waals surface area (Å²) >= 11 is 0. The molecule has 6 N–H and O–H groups in total. The highest BCUT2D eigenvalue weighted by Gasteiger charge is 2.31. The van der Waals surface area contributed by atoms with E-state index in [1.165, 1.54) is 12.1 Å². The molecule has 8 heteroatoms. The fraction of sp³-hybridized carbons (Fsp3) is 0.0500. The second-order valence-electron chi connectivity index (χ2n) is 6.31. The normalized spacial score (nSPS) is 17.2. The molecule has 2 aromatic carbocycles. The number of aromatic hydroxyl groups is 1. The minimum atomic E-state index is -0.833. The standard InChI is InChI=1S/C20H16FN5O2/c21-15-9-10(27)5-6-13(15)16-14-7-8-24-17(14)18(26-20(22)23)11-3-1-2-4-12(11)19(28)25-16/h1-9,16,24,27H,(H3,22,23)(H,25,28)/b26-18-. The molecule has 140 valence electrons. The molecule has 28 heavy (non-hydrogen) atoms. The molecule has 0 radical (unpaired) electrons. The molecule has 0 bridgehead atoms. The zero-order valence-corrected chi connectivity index (χ0v) is 14.5. The highest BCUT2D eigenvalue weighted by atomic mass is 19.1. The predicted octanol–water partition coefficient (Wildman–Crippen LogP) is 2.42. The van der Waals surface area contributed by atoms with Gasteiger partial charge in [0.1, 0.15) is 11.6 Å². The number of carbonyl (C=O) groups is 1. The Morgan fingerprint density at radius 3 is 2.61 bits per heavy atom. The number of phenols is 1. The van der Waals surface area contributed by atoms with Gasteiger partial charge >= 0.3 is 0 Å². The van der Waals surface area contributed by atoms with E-state index in [0.29, 0.717) is 28.1 Å². The summed E-state index contributed by atoms with van der Waals surface area (Å²) in [5.74, 6) is -1.71. The van der Waals surface area contributed by atoms with Crippen molar-refractivity contribution in [1.29, 1.82) is 5.41 Å². The Kier molecular flexibility index (Phi) is 4.15. The van der Waals surface area contributed by atoms with Gasteiger partial charge in [-0.3, -0.25) is 10.2 Å². The molecule has 3 aromatic rings. The number of H-pyrrole nitrogens is 1. The molecule has 0 saturated heterocycles. The van der Waals surface area contributed by atoms with Crippen LogP contribution in [-0.2, 0) is 0 Å². The SMILES string of the molecule is N=C(N)/N=C1/c2ccccc2C(=O)NC(c2ccc(O)cc2F)c2cc[nH]c21. The number of nitrogens with zero attached hydrogens (tertiary/aromatic N) is 1. The number of phenolic OH excluding ortho intramolecular Hbond substituents is 1. The topological polar surface area (TPSA) is 127 Å². The average molecular weight is 377 g/mol. The van der Waals surface area contributed by atoms with Gasteiger partial charge in [0.25, 0.3) is 5.91 Å². The van der Waals surface area contributed by atoms with Gasteiger partial charge in [0.05, 0.1) is 17.4 Å². The number of nitrogens with two attached hydrogens (primary N) is 1. The fourth-order valence-corrected chi connectivity index (χ4v) is 3.37. The molecule has 1 aromatic heterocycles. The van der Waals surface area contributed by atoms with E-state index in [1.54, 1.807) is 36.5 Å². The summed E-state index contributed by atoms with van der Waals surface area (Å²) in [4.78, 5) is 20.1. The number of aromatic nitrogens is 1. The van der Waals surface area contributed by atoms with Gasteiger partial charge in [-0.25, -0.2) is 9.38 Å². The van der Waals surface area contributed by atoms with Gasteiger partial charge in [-0.05, 0) is 18.2 Å². The van der Waals surface area contributed by atoms with E-state index in [2.05, 4.69) is 15.3 Å². The van der Waals surface area contributed by atoms with E-state index in [-0.39, 0.29) is 11.3 Å². The summed E-state index contributed by atoms with van der Waals surface area (Å²) in [6, 6.07) is 11.4. The number of guanidine groups is 1. The van der Waals surface area contributed by atoms with Gasteiger partial charge in [-0.2, -0.15) is 0 Å². The Morgan fingerprint density at radius 1 is 1.14 bits per heavy atom. The zero-order chi connectivity index (χ0) is 19.8. The monoisotopic (exact) mass is 377 g/mol. The highest BCUT2D eigenvalue weighted by molar-refractivity contribution is 6.21. The zero-order valence-electron chi connectivity index (χ0n) is 14.5. The number of aliphatic imine (C=N–C) groups is 1. The lowest BCUT2D eigenvalue weighted by Gasteiger charge is -2.25. The number of amides is 1. The molecule has 7 nitrogen and oxygen atoms in total. The van der Waals surface area contributed by atoms with Gasteiger partial charge in [-0.1, -0.05) is 24.3 Å². The van der Waals surface area contributed by atoms with E-state index in [9.17, 15) is 14.3 Å². The van der Waals surface area contributed by atoms with Crippen molar-refractivity contribution < 1.29 is 14.3 Å². The summed E-state index contributed by atoms with van der Waals surface area (Å²) in [6.07, 6.45) is 1.64. The van der Waals surface area contributed by atoms with E-state index in [4.69, 9.17) is 11.1 Å². The maximum absolute atomic E-state index is 14.6. The van der Waals surface area contributed by atoms with Crippen LogP contribution >= 0.6 is 0 Å². The van der Waals surface area contributed by atoms with Crippen molar-refractivity contribution in [2.45, 2.75) is 6.04 Å². The van der Waals surface area contributed by atoms with E-state index >= 15 is 0 Å². The van der Waals surface area contributed by atoms with Crippen LogP contribution in [0.1, 0.15) is 38.8 Å². The number of rotatable bonds is 1. The molecular formula is C20H16FN5O2. The Morgan fingerprint density at radius 2 is 1.89 bits per heavy atom. The van der Waals surface area contributed by atoms with Crippen molar-refractivity contribution in [3.63, 3.8) is 0 Å². The molecule has 1 aliphatic rings. The first kappa shape index (κ1) is 17.5. The number of nitrogens with one attached hydrogen (secondary N) is 3. The first-order valence-corrected chi connectivity index (χ1v) is 8.44. The van der Waals surface area contributed by atoms with Crippen molar-refractivity contribution in [2.75, 3.05) is 0 Å². The number of halogens is 1. The second kappa shape index (κ2) is 6.66. The van der Waals surface area contributed by atoms with Crippen molar-refractivity contribution in [3.8, 4) is 5.75 Å². The summed E-state index contributed by atoms with van der Waals surface area (Å²) < 4.78 is 14.6. The second-order valence-corrected chi connectivity index (χ2v) is 6.31. The summed E-state index contributed by atoms with van der Waals surface area (Å²) in [5.41, 5.74) is 7.93. The first-order valence-electron chi connectivity index (χ1n) is 8.44. The van der Waals surface area contributed by atoms with Crippen molar-refractivity contribution in [2.24, 2.45) is 10.7 Å². The molecule has 1 unspecified atom stereocenters. The average Bonchev–Trinajstić information content (AvgIpc) is 3.12. The van der Waals surface area contributed by atoms with Crippen LogP contribution in [-0.4, -0.2) is 27.7 Å². The van der Waals surface area contributed by atoms with Crippen LogP contribution in [0.2, 0.25) is 0 Å². The Balaban J connectivity index is 1.99. The number of fused-ring (bicyclic) bond motifs is 2. The maximum Gasteiger partial charge on any atom is 0.252 e. The third-order valence-electron chi connectivity index (χ3n) is 4.56. The van der Waals surface area contributed by atoms with Crippen LogP contribution in [0.4, 0.5) is 4.39 Å². The largest absolute Gasteiger partial charge is 0.508 e. The number of carbonyl (C=O) groups excluding carboxylic acids is 1. The lowest BCUT2D eigenvalue weighted by molar-refractivity contribution is 0.0942. The summed E-state index contributed by atoms with van der Waals surface area (Å²) in [6.45, 7) is 0. The predicted molar refractivity (Wildman–Crippen MR) is 102 cm³/mol. The lowest BCUT2D eigenvalue weighted by Crippen LogP contribution is -2.34. The maximum atomic E-state index is 14.6. The molecule has 4 rings (SSSR count). The minimum absolute atomic E-state index is 0.188. The van der Waals surface area contributed by atoms with E-state index in [0.717, 1.165) is 6.07 Å². The summed E-state index contributed by atoms with van der Waals surface area (Å²) in [7, 11) is 0. The number of benzene rings is 2. The third kappa shape index (κ3) is 2.90. The number of hydrogen-bond acceptors (Lipinski definition) is 3. The molecule has 1 amide bonds. The highest BCUT2D eigenvalue weighted by Crippen LogP contribution is 2.32. The van der Waals surface area contributed by atoms with Crippen LogP contribution in [0.15, 0.2) is 59.7 Å². The minimum Gasteiger partial charge on any atom is -0.508 e. The molecule has 2 heterocycles. The number of hydrogen-bond donors (Lipinski definition) is 5. The molecule has 1 atom stereocenters. The summed E-state index contributed by atoms with van der Waals surface area (Å²) in [5, 5.41) is 20.0. The van der Waals surface area contributed by atoms with Gasteiger partial charge in [0, 0.05) is 34.5 Å². The molecule has 0 saturated carbocycles. The smallest absolute Gasteiger partial charge is 0.252 e. The van der Waals surface area contributed by atoms with Gasteiger partial charge in [0.15, 0.2) is 0 Å². The first-order chi connectivity index (χ1) is 13.5. The molecule has 1 aliphatic heterocycles. The van der Waals surface area contributed by atoms with E-state index < -0.39 is 23.7 Å². The van der Waals surface area contributed by atoms with Crippen LogP contribution < -0.4 is 11.1 Å². The van der Waals surface area contributed by atoms with Gasteiger partial charge in [0.2, 0.25) is 5.96 Å². The Hall–Kier alpha value is -3.94. The quantitative estimate of drug-likeness (QED) is 0.330. The van der Waals surface area contributed by atoms with Crippen molar-refractivity contribution in [1.82, 2.24) is 10.3 Å². The van der Waals surface area contributed by atoms with Crippen molar-refractivity contribution in [3.05, 3.63) is 88.5 Å². The number of aromatic amines is 1. The molecule has 0 spiro atoms. The lowest BCUT2D eigenvalue weighted by atomic mass is 9.90. The molecule has 0 fully saturated rings. The van der Waals surface area contributed by atoms with Gasteiger partial charge < -0.3 is 21.1 Å². The molecule has 0 aliphatic carbocycles. The Labute approximate surface area is 159 Å². The fourth-order valence-electron chi connectivity index (χ4n) is 3.37. The van der Waals surface area contributed by atoms with Crippen LogP contribution in [0, 0.1) is 11.2 Å². The Bertz CT molecular complexity index is 1140. The van der Waals surface area contributed by atoms with Crippen LogP contribution in [0.25, 0.3) is 0 Å².